The summed E-state index contributed by atoms with van der Waals surface area (Å²) < 4.78 is 5.71. The lowest BCUT2D eigenvalue weighted by molar-refractivity contribution is 0.305. The molecule has 1 heterocycles. The SMILES string of the molecule is c1cncc(COc2ccc(C3CC3)cc2)c1. The number of pyridine rings is 1. The first-order chi connectivity index (χ1) is 8.42. The Balaban J connectivity index is 1.61. The fourth-order valence-electron chi connectivity index (χ4n) is 1.90. The predicted octanol–water partition coefficient (Wildman–Crippen LogP) is 3.54. The molecule has 0 N–H and O–H groups in total. The molecule has 0 radical (unpaired) electrons. The summed E-state index contributed by atoms with van der Waals surface area (Å²) in [7, 11) is 0. The molecule has 0 unspecified atom stereocenters. The fraction of sp³-hybridized carbons (Fsp3) is 0.267. The summed E-state index contributed by atoms with van der Waals surface area (Å²) in [5, 5.41) is 0. The van der Waals surface area contributed by atoms with Crippen molar-refractivity contribution in [3.05, 3.63) is 59.9 Å². The Morgan fingerprint density at radius 1 is 1.12 bits per heavy atom. The number of hydrogen-bond acceptors (Lipinski definition) is 2. The van der Waals surface area contributed by atoms with E-state index in [4.69, 9.17) is 4.74 Å². The number of ether oxygens (including phenoxy) is 1. The van der Waals surface area contributed by atoms with Crippen LogP contribution in [0.3, 0.4) is 0 Å². The summed E-state index contributed by atoms with van der Waals surface area (Å²) in [5.41, 5.74) is 2.54. The topological polar surface area (TPSA) is 22.1 Å². The van der Waals surface area contributed by atoms with Gasteiger partial charge in [-0.25, -0.2) is 0 Å². The van der Waals surface area contributed by atoms with E-state index in [2.05, 4.69) is 29.2 Å². The average molecular weight is 225 g/mol. The van der Waals surface area contributed by atoms with Gasteiger partial charge in [0.15, 0.2) is 0 Å². The van der Waals surface area contributed by atoms with Gasteiger partial charge in [0.2, 0.25) is 0 Å². The molecular weight excluding hydrogens is 210 g/mol. The van der Waals surface area contributed by atoms with Gasteiger partial charge in [-0.1, -0.05) is 18.2 Å². The third-order valence-corrected chi connectivity index (χ3v) is 3.06. The van der Waals surface area contributed by atoms with Gasteiger partial charge in [0.1, 0.15) is 12.4 Å². The van der Waals surface area contributed by atoms with Crippen LogP contribution in [-0.2, 0) is 6.61 Å². The molecule has 2 heteroatoms. The van der Waals surface area contributed by atoms with Crippen LogP contribution in [0.5, 0.6) is 5.75 Å². The molecule has 17 heavy (non-hydrogen) atoms. The van der Waals surface area contributed by atoms with Crippen molar-refractivity contribution in [3.8, 4) is 5.75 Å². The third-order valence-electron chi connectivity index (χ3n) is 3.06. The van der Waals surface area contributed by atoms with Crippen LogP contribution in [0.25, 0.3) is 0 Å². The van der Waals surface area contributed by atoms with E-state index in [1.165, 1.54) is 18.4 Å². The van der Waals surface area contributed by atoms with E-state index >= 15 is 0 Å². The van der Waals surface area contributed by atoms with Crippen molar-refractivity contribution < 1.29 is 4.74 Å². The Hall–Kier alpha value is -1.83. The number of rotatable bonds is 4. The van der Waals surface area contributed by atoms with Gasteiger partial charge < -0.3 is 4.74 Å². The highest BCUT2D eigenvalue weighted by atomic mass is 16.5. The van der Waals surface area contributed by atoms with Gasteiger partial charge in [0.05, 0.1) is 0 Å². The first-order valence-electron chi connectivity index (χ1n) is 6.03. The van der Waals surface area contributed by atoms with E-state index in [0.29, 0.717) is 6.61 Å². The van der Waals surface area contributed by atoms with Crippen molar-refractivity contribution >= 4 is 0 Å². The summed E-state index contributed by atoms with van der Waals surface area (Å²) in [6.07, 6.45) is 6.29. The van der Waals surface area contributed by atoms with Crippen molar-refractivity contribution in [2.75, 3.05) is 0 Å². The molecule has 0 aliphatic heterocycles. The minimum atomic E-state index is 0.580. The standard InChI is InChI=1S/C15H15NO/c1-2-12(10-16-9-1)11-17-15-7-5-14(6-8-15)13-3-4-13/h1-2,5-10,13H,3-4,11H2. The summed E-state index contributed by atoms with van der Waals surface area (Å²) in [6.45, 7) is 0.580. The van der Waals surface area contributed by atoms with E-state index in [9.17, 15) is 0 Å². The number of hydrogen-bond donors (Lipinski definition) is 0. The molecule has 2 nitrogen and oxygen atoms in total. The van der Waals surface area contributed by atoms with Crippen LogP contribution >= 0.6 is 0 Å². The zero-order valence-electron chi connectivity index (χ0n) is 9.67. The van der Waals surface area contributed by atoms with Crippen LogP contribution in [0, 0.1) is 0 Å². The van der Waals surface area contributed by atoms with Gasteiger partial charge in [0.25, 0.3) is 0 Å². The van der Waals surface area contributed by atoms with E-state index in [-0.39, 0.29) is 0 Å². The van der Waals surface area contributed by atoms with Crippen LogP contribution in [-0.4, -0.2) is 4.98 Å². The molecule has 1 aliphatic carbocycles. The molecule has 3 rings (SSSR count). The van der Waals surface area contributed by atoms with Gasteiger partial charge >= 0.3 is 0 Å². The summed E-state index contributed by atoms with van der Waals surface area (Å²) in [6, 6.07) is 12.4. The van der Waals surface area contributed by atoms with Crippen LogP contribution in [0.2, 0.25) is 0 Å². The minimum Gasteiger partial charge on any atom is -0.489 e. The molecule has 0 amide bonds. The lowest BCUT2D eigenvalue weighted by Crippen LogP contribution is -1.95. The number of aromatic nitrogens is 1. The molecule has 1 saturated carbocycles. The fourth-order valence-corrected chi connectivity index (χ4v) is 1.90. The zero-order valence-corrected chi connectivity index (χ0v) is 9.67. The molecule has 0 saturated heterocycles. The number of benzene rings is 1. The molecule has 1 aromatic carbocycles. The minimum absolute atomic E-state index is 0.580. The molecular formula is C15H15NO. The highest BCUT2D eigenvalue weighted by Crippen LogP contribution is 2.40. The molecule has 0 atom stereocenters. The third kappa shape index (κ3) is 2.64. The van der Waals surface area contributed by atoms with E-state index in [0.717, 1.165) is 17.2 Å². The second-order valence-corrected chi connectivity index (χ2v) is 4.49. The van der Waals surface area contributed by atoms with Gasteiger partial charge in [-0.15, -0.1) is 0 Å². The van der Waals surface area contributed by atoms with Crippen molar-refractivity contribution in [2.24, 2.45) is 0 Å². The van der Waals surface area contributed by atoms with E-state index in [1.807, 2.05) is 18.3 Å². The average Bonchev–Trinajstić information content (AvgIpc) is 3.23. The Morgan fingerprint density at radius 2 is 1.94 bits per heavy atom. The second kappa shape index (κ2) is 4.58. The normalized spacial score (nSPS) is 14.6. The summed E-state index contributed by atoms with van der Waals surface area (Å²) in [4.78, 5) is 4.06. The maximum absolute atomic E-state index is 5.71. The first kappa shape index (κ1) is 10.3. The summed E-state index contributed by atoms with van der Waals surface area (Å²) >= 11 is 0. The number of nitrogens with zero attached hydrogens (tertiary/aromatic N) is 1. The van der Waals surface area contributed by atoms with Crippen LogP contribution in [0.1, 0.15) is 29.9 Å². The Kier molecular flexibility index (Phi) is 2.78. The molecule has 2 aromatic rings. The Morgan fingerprint density at radius 3 is 2.59 bits per heavy atom. The Bertz CT molecular complexity index is 474. The molecule has 86 valence electrons. The lowest BCUT2D eigenvalue weighted by atomic mass is 10.1. The highest BCUT2D eigenvalue weighted by molar-refractivity contribution is 5.31. The van der Waals surface area contributed by atoms with Crippen molar-refractivity contribution in [1.82, 2.24) is 4.98 Å². The smallest absolute Gasteiger partial charge is 0.119 e. The van der Waals surface area contributed by atoms with E-state index in [1.54, 1.807) is 6.20 Å². The largest absolute Gasteiger partial charge is 0.489 e. The van der Waals surface area contributed by atoms with Gasteiger partial charge in [0, 0.05) is 18.0 Å². The Labute approximate surface area is 101 Å². The predicted molar refractivity (Wildman–Crippen MR) is 67.0 cm³/mol. The summed E-state index contributed by atoms with van der Waals surface area (Å²) in [5.74, 6) is 1.74. The molecule has 0 bridgehead atoms. The van der Waals surface area contributed by atoms with Gasteiger partial charge in [-0.05, 0) is 42.5 Å². The van der Waals surface area contributed by atoms with Crippen molar-refractivity contribution in [1.29, 1.82) is 0 Å². The van der Waals surface area contributed by atoms with Crippen LogP contribution < -0.4 is 4.74 Å². The molecule has 1 aromatic heterocycles. The zero-order chi connectivity index (χ0) is 11.5. The quantitative estimate of drug-likeness (QED) is 0.794. The van der Waals surface area contributed by atoms with E-state index < -0.39 is 0 Å². The van der Waals surface area contributed by atoms with Gasteiger partial charge in [-0.2, -0.15) is 0 Å². The monoisotopic (exact) mass is 225 g/mol. The maximum Gasteiger partial charge on any atom is 0.119 e. The first-order valence-corrected chi connectivity index (χ1v) is 6.03. The van der Waals surface area contributed by atoms with Crippen LogP contribution in [0.15, 0.2) is 48.8 Å². The maximum atomic E-state index is 5.71. The second-order valence-electron chi connectivity index (χ2n) is 4.49. The highest BCUT2D eigenvalue weighted by Gasteiger charge is 2.22. The molecule has 1 aliphatic rings. The van der Waals surface area contributed by atoms with Crippen LogP contribution in [0.4, 0.5) is 0 Å². The van der Waals surface area contributed by atoms with Crippen molar-refractivity contribution in [2.45, 2.75) is 25.4 Å². The molecule has 1 fully saturated rings. The van der Waals surface area contributed by atoms with Gasteiger partial charge in [-0.3, -0.25) is 4.98 Å². The molecule has 0 spiro atoms. The van der Waals surface area contributed by atoms with Crippen molar-refractivity contribution in [3.63, 3.8) is 0 Å². The lowest BCUT2D eigenvalue weighted by Gasteiger charge is -2.06.